The molecule has 104 valence electrons. The van der Waals surface area contributed by atoms with Gasteiger partial charge in [0.1, 0.15) is 12.8 Å². The van der Waals surface area contributed by atoms with Crippen LogP contribution in [-0.2, 0) is 4.74 Å². The van der Waals surface area contributed by atoms with Crippen LogP contribution in [0.15, 0.2) is 0 Å². The number of nitrogens with zero attached hydrogens (tertiary/aromatic N) is 1. The minimum atomic E-state index is -0.603. The summed E-state index contributed by atoms with van der Waals surface area (Å²) < 4.78 is 4.87. The highest BCUT2D eigenvalue weighted by molar-refractivity contribution is 5.74. The number of primary amides is 1. The average Bonchev–Trinajstić information content (AvgIpc) is 2.73. The molecule has 1 aliphatic heterocycles. The van der Waals surface area contributed by atoms with E-state index in [-0.39, 0.29) is 12.3 Å². The molecule has 6 heteroatoms. The Morgan fingerprint density at radius 2 is 2.17 bits per heavy atom. The predicted octanol–water partition coefficient (Wildman–Crippen LogP) is 1.79. The number of hydrogen-bond donors (Lipinski definition) is 2. The second-order valence-corrected chi connectivity index (χ2v) is 4.54. The number of ether oxygens (including phenoxy) is 1. The monoisotopic (exact) mass is 257 g/mol. The summed E-state index contributed by atoms with van der Waals surface area (Å²) >= 11 is 0. The number of carbonyl (C=O) groups is 2. The van der Waals surface area contributed by atoms with Crippen LogP contribution in [0.3, 0.4) is 0 Å². The molecule has 1 atom stereocenters. The van der Waals surface area contributed by atoms with Crippen molar-refractivity contribution in [3.05, 3.63) is 0 Å². The molecule has 6 nitrogen and oxygen atoms in total. The van der Waals surface area contributed by atoms with Crippen LogP contribution in [0.1, 0.15) is 45.4 Å². The van der Waals surface area contributed by atoms with Crippen molar-refractivity contribution >= 4 is 12.1 Å². The number of urea groups is 1. The molecule has 0 aliphatic carbocycles. The van der Waals surface area contributed by atoms with Gasteiger partial charge in [0.2, 0.25) is 0 Å². The lowest BCUT2D eigenvalue weighted by atomic mass is 10.1. The maximum atomic E-state index is 11.4. The summed E-state index contributed by atoms with van der Waals surface area (Å²) in [5.74, 6) is 0. The third kappa shape index (κ3) is 4.81. The van der Waals surface area contributed by atoms with Gasteiger partial charge in [-0.05, 0) is 12.8 Å². The van der Waals surface area contributed by atoms with Crippen molar-refractivity contribution in [3.8, 4) is 0 Å². The Hall–Kier alpha value is -1.46. The molecule has 1 unspecified atom stereocenters. The SMILES string of the molecule is CCCCCCCC(NC(N)=O)N1CCOC1=O. The van der Waals surface area contributed by atoms with E-state index in [1.165, 1.54) is 24.2 Å². The highest BCUT2D eigenvalue weighted by atomic mass is 16.6. The van der Waals surface area contributed by atoms with E-state index in [1.54, 1.807) is 0 Å². The van der Waals surface area contributed by atoms with Gasteiger partial charge in [-0.3, -0.25) is 4.90 Å². The quantitative estimate of drug-likeness (QED) is 0.650. The first-order valence-corrected chi connectivity index (χ1v) is 6.64. The Balaban J connectivity index is 2.35. The van der Waals surface area contributed by atoms with Gasteiger partial charge < -0.3 is 15.8 Å². The minimum Gasteiger partial charge on any atom is -0.447 e. The van der Waals surface area contributed by atoms with Gasteiger partial charge >= 0.3 is 12.1 Å². The van der Waals surface area contributed by atoms with Crippen LogP contribution in [0.25, 0.3) is 0 Å². The molecule has 1 saturated heterocycles. The van der Waals surface area contributed by atoms with Crippen molar-refractivity contribution in [2.24, 2.45) is 5.73 Å². The summed E-state index contributed by atoms with van der Waals surface area (Å²) in [6.45, 7) is 3.06. The van der Waals surface area contributed by atoms with Crippen LogP contribution in [0.2, 0.25) is 0 Å². The van der Waals surface area contributed by atoms with Crippen molar-refractivity contribution in [2.75, 3.05) is 13.2 Å². The lowest BCUT2D eigenvalue weighted by molar-refractivity contribution is 0.139. The van der Waals surface area contributed by atoms with Crippen molar-refractivity contribution in [1.29, 1.82) is 0 Å². The Morgan fingerprint density at radius 3 is 2.72 bits per heavy atom. The zero-order valence-electron chi connectivity index (χ0n) is 11.0. The van der Waals surface area contributed by atoms with Gasteiger partial charge in [-0.15, -0.1) is 0 Å². The summed E-state index contributed by atoms with van der Waals surface area (Å²) in [6.07, 6.45) is 5.69. The number of nitrogens with one attached hydrogen (secondary N) is 1. The van der Waals surface area contributed by atoms with Crippen LogP contribution in [-0.4, -0.2) is 36.3 Å². The number of hydrogen-bond acceptors (Lipinski definition) is 3. The lowest BCUT2D eigenvalue weighted by Crippen LogP contribution is -2.50. The van der Waals surface area contributed by atoms with Crippen LogP contribution in [0.5, 0.6) is 0 Å². The summed E-state index contributed by atoms with van der Waals surface area (Å²) in [7, 11) is 0. The van der Waals surface area contributed by atoms with E-state index >= 15 is 0 Å². The molecule has 1 aliphatic rings. The van der Waals surface area contributed by atoms with Gasteiger partial charge in [-0.25, -0.2) is 9.59 Å². The maximum absolute atomic E-state index is 11.4. The highest BCUT2D eigenvalue weighted by Gasteiger charge is 2.29. The van der Waals surface area contributed by atoms with Crippen molar-refractivity contribution in [1.82, 2.24) is 10.2 Å². The number of carbonyl (C=O) groups excluding carboxylic acids is 2. The molecule has 0 radical (unpaired) electrons. The van der Waals surface area contributed by atoms with E-state index in [2.05, 4.69) is 12.2 Å². The second kappa shape index (κ2) is 7.79. The predicted molar refractivity (Wildman–Crippen MR) is 67.9 cm³/mol. The standard InChI is InChI=1S/C12H23N3O3/c1-2-3-4-5-6-7-10(14-11(13)16)15-8-9-18-12(15)17/h10H,2-9H2,1H3,(H3,13,14,16). The molecule has 18 heavy (non-hydrogen) atoms. The lowest BCUT2D eigenvalue weighted by Gasteiger charge is -2.25. The van der Waals surface area contributed by atoms with E-state index in [1.807, 2.05) is 0 Å². The smallest absolute Gasteiger partial charge is 0.411 e. The summed E-state index contributed by atoms with van der Waals surface area (Å²) in [4.78, 5) is 23.9. The zero-order valence-corrected chi connectivity index (χ0v) is 11.0. The molecule has 0 aromatic rings. The molecule has 0 bridgehead atoms. The van der Waals surface area contributed by atoms with Crippen molar-refractivity contribution < 1.29 is 14.3 Å². The Bertz CT molecular complexity index is 284. The molecule has 3 amide bonds. The number of unbranched alkanes of at least 4 members (excludes halogenated alkanes) is 4. The van der Waals surface area contributed by atoms with Crippen LogP contribution < -0.4 is 11.1 Å². The van der Waals surface area contributed by atoms with Crippen LogP contribution >= 0.6 is 0 Å². The third-order valence-electron chi connectivity index (χ3n) is 3.06. The molecule has 1 fully saturated rings. The molecular formula is C12H23N3O3. The summed E-state index contributed by atoms with van der Waals surface area (Å²) in [5, 5.41) is 2.61. The van der Waals surface area contributed by atoms with Gasteiger partial charge in [0.05, 0.1) is 6.54 Å². The molecule has 0 saturated carbocycles. The van der Waals surface area contributed by atoms with Crippen LogP contribution in [0.4, 0.5) is 9.59 Å². The molecule has 0 spiro atoms. The molecule has 1 heterocycles. The first-order valence-electron chi connectivity index (χ1n) is 6.64. The first-order chi connectivity index (χ1) is 8.65. The molecule has 0 aromatic carbocycles. The topological polar surface area (TPSA) is 84.7 Å². The van der Waals surface area contributed by atoms with Gasteiger partial charge in [-0.2, -0.15) is 0 Å². The van der Waals surface area contributed by atoms with Crippen molar-refractivity contribution in [2.45, 2.75) is 51.6 Å². The van der Waals surface area contributed by atoms with Gasteiger partial charge in [0, 0.05) is 0 Å². The highest BCUT2D eigenvalue weighted by Crippen LogP contribution is 2.14. The average molecular weight is 257 g/mol. The van der Waals surface area contributed by atoms with Crippen LogP contribution in [0, 0.1) is 0 Å². The largest absolute Gasteiger partial charge is 0.447 e. The number of cyclic esters (lactones) is 1. The maximum Gasteiger partial charge on any atom is 0.411 e. The molecule has 3 N–H and O–H groups in total. The first kappa shape index (κ1) is 14.6. The molecule has 1 rings (SSSR count). The van der Waals surface area contributed by atoms with Gasteiger partial charge in [0.25, 0.3) is 0 Å². The van der Waals surface area contributed by atoms with E-state index in [0.717, 1.165) is 19.3 Å². The number of nitrogens with two attached hydrogens (primary N) is 1. The van der Waals surface area contributed by atoms with E-state index in [9.17, 15) is 9.59 Å². The van der Waals surface area contributed by atoms with Gasteiger partial charge in [0.15, 0.2) is 0 Å². The van der Waals surface area contributed by atoms with E-state index in [0.29, 0.717) is 13.2 Å². The minimum absolute atomic E-state index is 0.334. The fourth-order valence-electron chi connectivity index (χ4n) is 2.10. The van der Waals surface area contributed by atoms with E-state index < -0.39 is 6.03 Å². The Labute approximate surface area is 108 Å². The Kier molecular flexibility index (Phi) is 6.32. The summed E-state index contributed by atoms with van der Waals surface area (Å²) in [5.41, 5.74) is 5.13. The fourth-order valence-corrected chi connectivity index (χ4v) is 2.10. The number of amides is 3. The number of rotatable bonds is 8. The molecular weight excluding hydrogens is 234 g/mol. The molecule has 0 aromatic heterocycles. The summed E-state index contributed by atoms with van der Waals surface area (Å²) in [6, 6.07) is -0.603. The second-order valence-electron chi connectivity index (χ2n) is 4.54. The van der Waals surface area contributed by atoms with E-state index in [4.69, 9.17) is 10.5 Å². The van der Waals surface area contributed by atoms with Gasteiger partial charge in [-0.1, -0.05) is 32.6 Å². The third-order valence-corrected chi connectivity index (χ3v) is 3.06. The van der Waals surface area contributed by atoms with Crippen molar-refractivity contribution in [3.63, 3.8) is 0 Å². The normalized spacial score (nSPS) is 16.5. The fraction of sp³-hybridized carbons (Fsp3) is 0.833. The Morgan fingerprint density at radius 1 is 1.44 bits per heavy atom. The zero-order chi connectivity index (χ0) is 13.4.